The van der Waals surface area contributed by atoms with Crippen LogP contribution in [0.4, 0.5) is 0 Å². The molecule has 0 amide bonds. The van der Waals surface area contributed by atoms with Crippen LogP contribution in [0, 0.1) is 11.8 Å². The van der Waals surface area contributed by atoms with Crippen molar-refractivity contribution in [3.8, 4) is 0 Å². The normalized spacial score (nSPS) is 29.4. The van der Waals surface area contributed by atoms with Crippen molar-refractivity contribution in [1.29, 1.82) is 0 Å². The molecule has 1 N–H and O–H groups in total. The minimum Gasteiger partial charge on any atom is -0.481 e. The van der Waals surface area contributed by atoms with Crippen molar-refractivity contribution in [3.05, 3.63) is 0 Å². The molecule has 2 rings (SSSR count). The number of carbonyl (C=O) groups is 1. The summed E-state index contributed by atoms with van der Waals surface area (Å²) in [5.41, 5.74) is 0. The van der Waals surface area contributed by atoms with Gasteiger partial charge in [-0.3, -0.25) is 9.69 Å². The van der Waals surface area contributed by atoms with Crippen molar-refractivity contribution in [2.24, 2.45) is 11.8 Å². The van der Waals surface area contributed by atoms with Gasteiger partial charge in [-0.25, -0.2) is 0 Å². The molecule has 4 heteroatoms. The Labute approximate surface area is 116 Å². The molecule has 3 atom stereocenters. The highest BCUT2D eigenvalue weighted by atomic mass is 16.5. The third-order valence-electron chi connectivity index (χ3n) is 4.74. The maximum absolute atomic E-state index is 11.3. The highest BCUT2D eigenvalue weighted by Crippen LogP contribution is 2.33. The first-order valence-electron chi connectivity index (χ1n) is 7.69. The highest BCUT2D eigenvalue weighted by molar-refractivity contribution is 5.71. The zero-order valence-corrected chi connectivity index (χ0v) is 12.2. The Morgan fingerprint density at radius 3 is 2.68 bits per heavy atom. The molecule has 0 aromatic carbocycles. The smallest absolute Gasteiger partial charge is 0.310 e. The molecule has 0 spiro atoms. The van der Waals surface area contributed by atoms with Gasteiger partial charge in [0.15, 0.2) is 0 Å². The van der Waals surface area contributed by atoms with Gasteiger partial charge >= 0.3 is 5.97 Å². The van der Waals surface area contributed by atoms with E-state index in [2.05, 4.69) is 18.7 Å². The van der Waals surface area contributed by atoms with E-state index >= 15 is 0 Å². The Morgan fingerprint density at radius 1 is 1.42 bits per heavy atom. The van der Waals surface area contributed by atoms with E-state index in [0.29, 0.717) is 19.3 Å². The van der Waals surface area contributed by atoms with Crippen molar-refractivity contribution in [2.75, 3.05) is 19.8 Å². The second kappa shape index (κ2) is 6.71. The summed E-state index contributed by atoms with van der Waals surface area (Å²) in [6.07, 6.45) is 6.36. The summed E-state index contributed by atoms with van der Waals surface area (Å²) < 4.78 is 5.43. The van der Waals surface area contributed by atoms with Crippen LogP contribution in [0.5, 0.6) is 0 Å². The number of carboxylic acid groups (broad SMARTS) is 1. The van der Waals surface area contributed by atoms with Crippen LogP contribution in [-0.2, 0) is 9.53 Å². The molecular weight excluding hydrogens is 242 g/mol. The lowest BCUT2D eigenvalue weighted by Crippen LogP contribution is -2.48. The van der Waals surface area contributed by atoms with Crippen molar-refractivity contribution < 1.29 is 14.6 Å². The first-order chi connectivity index (χ1) is 9.13. The fraction of sp³-hybridized carbons (Fsp3) is 0.933. The molecule has 2 aliphatic rings. The number of ether oxygens (including phenoxy) is 1. The number of rotatable bonds is 7. The molecule has 1 aliphatic carbocycles. The summed E-state index contributed by atoms with van der Waals surface area (Å²) >= 11 is 0. The molecule has 1 saturated carbocycles. The fourth-order valence-electron chi connectivity index (χ4n) is 3.42. The lowest BCUT2D eigenvalue weighted by molar-refractivity contribution is -0.143. The van der Waals surface area contributed by atoms with E-state index in [-0.39, 0.29) is 12.0 Å². The molecule has 0 aromatic heterocycles. The topological polar surface area (TPSA) is 49.8 Å². The molecule has 1 aliphatic heterocycles. The van der Waals surface area contributed by atoms with Crippen LogP contribution in [0.25, 0.3) is 0 Å². The monoisotopic (exact) mass is 269 g/mol. The van der Waals surface area contributed by atoms with Crippen LogP contribution in [0.1, 0.15) is 46.0 Å². The molecule has 1 heterocycles. The average molecular weight is 269 g/mol. The molecule has 3 unspecified atom stereocenters. The second-order valence-electron chi connectivity index (χ2n) is 6.17. The molecule has 4 nitrogen and oxygen atoms in total. The lowest BCUT2D eigenvalue weighted by atomic mass is 9.80. The predicted molar refractivity (Wildman–Crippen MR) is 74.1 cm³/mol. The molecule has 0 bridgehead atoms. The summed E-state index contributed by atoms with van der Waals surface area (Å²) in [5, 5.41) is 9.32. The van der Waals surface area contributed by atoms with Crippen molar-refractivity contribution in [3.63, 3.8) is 0 Å². The predicted octanol–water partition coefficient (Wildman–Crippen LogP) is 2.38. The Morgan fingerprint density at radius 2 is 2.16 bits per heavy atom. The Balaban J connectivity index is 1.98. The minimum atomic E-state index is -0.709. The number of carboxylic acids is 1. The number of aliphatic carboxylic acids is 1. The van der Waals surface area contributed by atoms with Gasteiger partial charge in [0, 0.05) is 12.1 Å². The van der Waals surface area contributed by atoms with Crippen LogP contribution in [0.15, 0.2) is 0 Å². The lowest BCUT2D eigenvalue weighted by Gasteiger charge is -2.38. The first-order valence-corrected chi connectivity index (χ1v) is 7.69. The maximum Gasteiger partial charge on any atom is 0.310 e. The van der Waals surface area contributed by atoms with E-state index in [0.717, 1.165) is 18.9 Å². The van der Waals surface area contributed by atoms with Gasteiger partial charge in [0.1, 0.15) is 0 Å². The van der Waals surface area contributed by atoms with E-state index in [1.54, 1.807) is 0 Å². The molecule has 110 valence electrons. The quantitative estimate of drug-likeness (QED) is 0.771. The van der Waals surface area contributed by atoms with E-state index in [9.17, 15) is 9.90 Å². The summed E-state index contributed by atoms with van der Waals surface area (Å²) in [7, 11) is 0. The van der Waals surface area contributed by atoms with Crippen LogP contribution >= 0.6 is 0 Å². The first kappa shape index (κ1) is 14.8. The van der Waals surface area contributed by atoms with Crippen LogP contribution < -0.4 is 0 Å². The Hall–Kier alpha value is -0.610. The van der Waals surface area contributed by atoms with Gasteiger partial charge in [-0.05, 0) is 32.2 Å². The average Bonchev–Trinajstić information content (AvgIpc) is 2.79. The summed E-state index contributed by atoms with van der Waals surface area (Å²) in [5.74, 6) is -0.199. The van der Waals surface area contributed by atoms with Crippen molar-refractivity contribution in [2.45, 2.75) is 58.0 Å². The fourth-order valence-corrected chi connectivity index (χ4v) is 3.42. The highest BCUT2D eigenvalue weighted by Gasteiger charge is 2.39. The van der Waals surface area contributed by atoms with Gasteiger partial charge in [0.25, 0.3) is 0 Å². The third-order valence-corrected chi connectivity index (χ3v) is 4.74. The van der Waals surface area contributed by atoms with Crippen LogP contribution in [0.2, 0.25) is 0 Å². The van der Waals surface area contributed by atoms with E-state index in [1.807, 2.05) is 0 Å². The summed E-state index contributed by atoms with van der Waals surface area (Å²) in [6.45, 7) is 6.34. The van der Waals surface area contributed by atoms with Gasteiger partial charge in [-0.1, -0.05) is 26.2 Å². The van der Waals surface area contributed by atoms with Crippen molar-refractivity contribution >= 4 is 5.97 Å². The number of hydrogen-bond donors (Lipinski definition) is 1. The van der Waals surface area contributed by atoms with E-state index in [4.69, 9.17) is 4.74 Å². The standard InChI is InChI=1S/C15H27NO3/c1-3-7-16(11(2)8-12-5-4-6-12)14-10-19-9-13(14)15(17)18/h11-14H,3-10H2,1-2H3,(H,17,18). The SMILES string of the molecule is CCCN(C(C)CC1CCC1)C1COCC1C(=O)O. The van der Waals surface area contributed by atoms with Crippen LogP contribution in [0.3, 0.4) is 0 Å². The second-order valence-corrected chi connectivity index (χ2v) is 6.17. The maximum atomic E-state index is 11.3. The summed E-state index contributed by atoms with van der Waals surface area (Å²) in [6, 6.07) is 0.534. The molecule has 0 radical (unpaired) electrons. The zero-order chi connectivity index (χ0) is 13.8. The molecule has 1 saturated heterocycles. The van der Waals surface area contributed by atoms with Gasteiger partial charge in [0.2, 0.25) is 0 Å². The van der Waals surface area contributed by atoms with Crippen molar-refractivity contribution in [1.82, 2.24) is 4.90 Å². The van der Waals surface area contributed by atoms with Crippen LogP contribution in [-0.4, -0.2) is 47.8 Å². The Kier molecular flexibility index (Phi) is 5.22. The molecular formula is C15H27NO3. The van der Waals surface area contributed by atoms with Gasteiger partial charge in [-0.15, -0.1) is 0 Å². The minimum absolute atomic E-state index is 0.0625. The third kappa shape index (κ3) is 3.48. The number of hydrogen-bond acceptors (Lipinski definition) is 3. The van der Waals surface area contributed by atoms with Gasteiger partial charge < -0.3 is 9.84 Å². The molecule has 0 aromatic rings. The number of nitrogens with zero attached hydrogens (tertiary/aromatic N) is 1. The zero-order valence-electron chi connectivity index (χ0n) is 12.2. The molecule has 2 fully saturated rings. The van der Waals surface area contributed by atoms with E-state index in [1.165, 1.54) is 25.7 Å². The van der Waals surface area contributed by atoms with Gasteiger partial charge in [-0.2, -0.15) is 0 Å². The largest absolute Gasteiger partial charge is 0.481 e. The van der Waals surface area contributed by atoms with E-state index < -0.39 is 5.97 Å². The summed E-state index contributed by atoms with van der Waals surface area (Å²) in [4.78, 5) is 13.7. The molecule has 19 heavy (non-hydrogen) atoms. The Bertz CT molecular complexity index is 304. The van der Waals surface area contributed by atoms with Gasteiger partial charge in [0.05, 0.1) is 19.1 Å².